The molecule has 1 aliphatic heterocycles. The summed E-state index contributed by atoms with van der Waals surface area (Å²) in [5.74, 6) is 0. The second kappa shape index (κ2) is 8.44. The zero-order chi connectivity index (χ0) is 20.4. The SMILES string of the molecule is Cn1cccc1C(CNS(=O)(=O)c1ccccc1Br)N1CCc2ccccc2C1. The van der Waals surface area contributed by atoms with Crippen LogP contribution in [0.3, 0.4) is 0 Å². The zero-order valence-corrected chi connectivity index (χ0v) is 18.7. The van der Waals surface area contributed by atoms with Crippen LogP contribution < -0.4 is 4.72 Å². The van der Waals surface area contributed by atoms with Crippen LogP contribution in [0.15, 0.2) is 76.2 Å². The molecule has 0 saturated heterocycles. The van der Waals surface area contributed by atoms with Crippen molar-refractivity contribution in [3.8, 4) is 0 Å². The Morgan fingerprint density at radius 1 is 1.03 bits per heavy atom. The number of aryl methyl sites for hydroxylation is 1. The molecule has 152 valence electrons. The zero-order valence-electron chi connectivity index (χ0n) is 16.3. The quantitative estimate of drug-likeness (QED) is 0.591. The lowest BCUT2D eigenvalue weighted by Gasteiger charge is -2.36. The van der Waals surface area contributed by atoms with E-state index in [2.05, 4.69) is 60.5 Å². The third-order valence-electron chi connectivity index (χ3n) is 5.52. The van der Waals surface area contributed by atoms with E-state index >= 15 is 0 Å². The Labute approximate surface area is 180 Å². The second-order valence-corrected chi connectivity index (χ2v) is 9.92. The van der Waals surface area contributed by atoms with Crippen molar-refractivity contribution < 1.29 is 8.42 Å². The number of nitrogens with one attached hydrogen (secondary N) is 1. The molecule has 7 heteroatoms. The summed E-state index contributed by atoms with van der Waals surface area (Å²) in [6.07, 6.45) is 2.97. The van der Waals surface area contributed by atoms with Crippen LogP contribution in [0.2, 0.25) is 0 Å². The fraction of sp³-hybridized carbons (Fsp3) is 0.273. The maximum absolute atomic E-state index is 12.9. The smallest absolute Gasteiger partial charge is 0.241 e. The van der Waals surface area contributed by atoms with Crippen LogP contribution in [0.5, 0.6) is 0 Å². The molecule has 1 N–H and O–H groups in total. The van der Waals surface area contributed by atoms with Gasteiger partial charge < -0.3 is 4.57 Å². The lowest BCUT2D eigenvalue weighted by atomic mass is 9.98. The van der Waals surface area contributed by atoms with Crippen LogP contribution in [0.1, 0.15) is 22.9 Å². The average Bonchev–Trinajstić information content (AvgIpc) is 3.14. The van der Waals surface area contributed by atoms with Gasteiger partial charge in [0, 0.05) is 43.0 Å². The Balaban J connectivity index is 1.60. The van der Waals surface area contributed by atoms with Gasteiger partial charge in [0.05, 0.1) is 10.9 Å². The molecule has 0 fully saturated rings. The van der Waals surface area contributed by atoms with Gasteiger partial charge in [-0.05, 0) is 57.7 Å². The van der Waals surface area contributed by atoms with Gasteiger partial charge in [0.2, 0.25) is 10.0 Å². The molecule has 1 atom stereocenters. The molecule has 2 heterocycles. The first-order valence-electron chi connectivity index (χ1n) is 9.62. The predicted octanol–water partition coefficient (Wildman–Crippen LogP) is 3.87. The normalized spacial score (nSPS) is 15.8. The van der Waals surface area contributed by atoms with Crippen LogP contribution in [-0.2, 0) is 30.0 Å². The van der Waals surface area contributed by atoms with Crippen molar-refractivity contribution in [2.45, 2.75) is 23.9 Å². The van der Waals surface area contributed by atoms with E-state index in [1.54, 1.807) is 24.3 Å². The van der Waals surface area contributed by atoms with Gasteiger partial charge >= 0.3 is 0 Å². The van der Waals surface area contributed by atoms with Crippen molar-refractivity contribution in [1.82, 2.24) is 14.2 Å². The number of hydrogen-bond donors (Lipinski definition) is 1. The summed E-state index contributed by atoms with van der Waals surface area (Å²) in [5, 5.41) is 0. The Morgan fingerprint density at radius 2 is 1.76 bits per heavy atom. The number of rotatable bonds is 6. The van der Waals surface area contributed by atoms with Crippen LogP contribution >= 0.6 is 15.9 Å². The molecule has 3 aromatic rings. The maximum Gasteiger partial charge on any atom is 0.241 e. The largest absolute Gasteiger partial charge is 0.353 e. The molecule has 0 spiro atoms. The highest BCUT2D eigenvalue weighted by atomic mass is 79.9. The van der Waals surface area contributed by atoms with E-state index in [0.717, 1.165) is 25.2 Å². The molecule has 1 unspecified atom stereocenters. The van der Waals surface area contributed by atoms with Crippen molar-refractivity contribution in [1.29, 1.82) is 0 Å². The highest BCUT2D eigenvalue weighted by Gasteiger charge is 2.28. The van der Waals surface area contributed by atoms with E-state index in [9.17, 15) is 8.42 Å². The molecular weight excluding hydrogens is 450 g/mol. The summed E-state index contributed by atoms with van der Waals surface area (Å²) in [6, 6.07) is 19.4. The third kappa shape index (κ3) is 4.33. The first-order valence-corrected chi connectivity index (χ1v) is 11.9. The highest BCUT2D eigenvalue weighted by Crippen LogP contribution is 2.28. The second-order valence-electron chi connectivity index (χ2n) is 7.33. The van der Waals surface area contributed by atoms with Gasteiger partial charge in [0.1, 0.15) is 0 Å². The van der Waals surface area contributed by atoms with Crippen LogP contribution in [-0.4, -0.2) is 31.0 Å². The summed E-state index contributed by atoms with van der Waals surface area (Å²) < 4.78 is 31.3. The Kier molecular flexibility index (Phi) is 5.92. The number of fused-ring (bicyclic) bond motifs is 1. The molecule has 2 aromatic carbocycles. The molecule has 4 rings (SSSR count). The van der Waals surface area contributed by atoms with E-state index < -0.39 is 10.0 Å². The highest BCUT2D eigenvalue weighted by molar-refractivity contribution is 9.10. The first kappa shape index (κ1) is 20.3. The summed E-state index contributed by atoms with van der Waals surface area (Å²) >= 11 is 3.35. The van der Waals surface area contributed by atoms with Gasteiger partial charge in [0.25, 0.3) is 0 Å². The number of benzene rings is 2. The minimum atomic E-state index is -3.62. The Morgan fingerprint density at radius 3 is 2.48 bits per heavy atom. The van der Waals surface area contributed by atoms with Crippen molar-refractivity contribution in [3.05, 3.63) is 88.2 Å². The Bertz CT molecular complexity index is 1110. The minimum absolute atomic E-state index is 0.0550. The van der Waals surface area contributed by atoms with E-state index in [-0.39, 0.29) is 10.9 Å². The fourth-order valence-electron chi connectivity index (χ4n) is 3.95. The molecule has 0 bridgehead atoms. The maximum atomic E-state index is 12.9. The van der Waals surface area contributed by atoms with Gasteiger partial charge in [-0.15, -0.1) is 0 Å². The summed E-state index contributed by atoms with van der Waals surface area (Å²) in [6.45, 7) is 2.01. The van der Waals surface area contributed by atoms with E-state index in [1.165, 1.54) is 11.1 Å². The molecule has 0 aliphatic carbocycles. The van der Waals surface area contributed by atoms with E-state index in [1.807, 2.05) is 19.3 Å². The van der Waals surface area contributed by atoms with Gasteiger partial charge in [-0.3, -0.25) is 4.90 Å². The lowest BCUT2D eigenvalue weighted by molar-refractivity contribution is 0.174. The number of hydrogen-bond acceptors (Lipinski definition) is 3. The summed E-state index contributed by atoms with van der Waals surface area (Å²) in [7, 11) is -1.62. The van der Waals surface area contributed by atoms with Gasteiger partial charge in [-0.25, -0.2) is 13.1 Å². The van der Waals surface area contributed by atoms with Gasteiger partial charge in [0.15, 0.2) is 0 Å². The lowest BCUT2D eigenvalue weighted by Crippen LogP contribution is -2.41. The van der Waals surface area contributed by atoms with Crippen LogP contribution in [0.4, 0.5) is 0 Å². The van der Waals surface area contributed by atoms with Crippen LogP contribution in [0.25, 0.3) is 0 Å². The molecule has 5 nitrogen and oxygen atoms in total. The van der Waals surface area contributed by atoms with E-state index in [0.29, 0.717) is 11.0 Å². The molecule has 0 amide bonds. The number of aromatic nitrogens is 1. The van der Waals surface area contributed by atoms with E-state index in [4.69, 9.17) is 0 Å². The van der Waals surface area contributed by atoms with Crippen molar-refractivity contribution in [2.24, 2.45) is 7.05 Å². The number of sulfonamides is 1. The average molecular weight is 474 g/mol. The summed E-state index contributed by atoms with van der Waals surface area (Å²) in [4.78, 5) is 2.62. The number of nitrogens with zero attached hydrogens (tertiary/aromatic N) is 2. The van der Waals surface area contributed by atoms with Crippen molar-refractivity contribution >= 4 is 26.0 Å². The molecule has 1 aromatic heterocycles. The minimum Gasteiger partial charge on any atom is -0.353 e. The van der Waals surface area contributed by atoms with Crippen molar-refractivity contribution in [3.63, 3.8) is 0 Å². The van der Waals surface area contributed by atoms with Crippen LogP contribution in [0, 0.1) is 0 Å². The number of halogens is 1. The summed E-state index contributed by atoms with van der Waals surface area (Å²) in [5.41, 5.74) is 3.79. The van der Waals surface area contributed by atoms with Crippen molar-refractivity contribution in [2.75, 3.05) is 13.1 Å². The molecule has 0 radical (unpaired) electrons. The third-order valence-corrected chi connectivity index (χ3v) is 7.95. The molecule has 29 heavy (non-hydrogen) atoms. The van der Waals surface area contributed by atoms with Gasteiger partial charge in [-0.2, -0.15) is 0 Å². The predicted molar refractivity (Wildman–Crippen MR) is 118 cm³/mol. The standard InChI is InChI=1S/C22H24BrN3O2S/c1-25-13-6-10-20(25)21(26-14-12-17-7-2-3-8-18(17)16-26)15-24-29(27,28)22-11-5-4-9-19(22)23/h2-11,13,21,24H,12,14-16H2,1H3. The molecule has 0 saturated carbocycles. The molecular formula is C22H24BrN3O2S. The monoisotopic (exact) mass is 473 g/mol. The molecule has 1 aliphatic rings. The Hall–Kier alpha value is -1.93. The first-order chi connectivity index (χ1) is 14.0. The fourth-order valence-corrected chi connectivity index (χ4v) is 5.99. The van der Waals surface area contributed by atoms with Gasteiger partial charge in [-0.1, -0.05) is 36.4 Å². The topological polar surface area (TPSA) is 54.3 Å².